The number of nitrogens with zero attached hydrogens (tertiary/aromatic N) is 2. The van der Waals surface area contributed by atoms with E-state index >= 15 is 0 Å². The van der Waals surface area contributed by atoms with Gasteiger partial charge in [0, 0.05) is 18.7 Å². The number of aryl methyl sites for hydroxylation is 1. The highest BCUT2D eigenvalue weighted by Gasteiger charge is 2.46. The van der Waals surface area contributed by atoms with Crippen molar-refractivity contribution < 1.29 is 29.0 Å². The fraction of sp³-hybridized carbons (Fsp3) is 0.414. The summed E-state index contributed by atoms with van der Waals surface area (Å²) in [6.45, 7) is 12.0. The summed E-state index contributed by atoms with van der Waals surface area (Å²) < 4.78 is 11.2. The number of primary amides is 1. The number of amides is 2. The fourth-order valence-corrected chi connectivity index (χ4v) is 4.49. The maximum absolute atomic E-state index is 13.3. The topological polar surface area (TPSA) is 122 Å². The molecular formula is C29H37N3O6. The maximum atomic E-state index is 13.3. The van der Waals surface area contributed by atoms with Gasteiger partial charge in [-0.1, -0.05) is 26.0 Å². The zero-order valence-electron chi connectivity index (χ0n) is 22.7. The van der Waals surface area contributed by atoms with E-state index in [2.05, 4.69) is 4.90 Å². The Morgan fingerprint density at radius 3 is 2.32 bits per heavy atom. The Bertz CT molecular complexity index is 1200. The first-order valence-electron chi connectivity index (χ1n) is 12.9. The number of aliphatic hydroxyl groups excluding tert-OH is 1. The van der Waals surface area contributed by atoms with Crippen LogP contribution in [0.4, 0.5) is 0 Å². The Labute approximate surface area is 223 Å². The molecule has 1 unspecified atom stereocenters. The van der Waals surface area contributed by atoms with E-state index in [0.717, 1.165) is 18.7 Å². The summed E-state index contributed by atoms with van der Waals surface area (Å²) in [5, 5.41) is 11.4. The van der Waals surface area contributed by atoms with Crippen LogP contribution in [0.2, 0.25) is 0 Å². The molecule has 1 heterocycles. The van der Waals surface area contributed by atoms with E-state index in [4.69, 9.17) is 15.2 Å². The summed E-state index contributed by atoms with van der Waals surface area (Å²) in [4.78, 5) is 41.3. The normalized spacial score (nSPS) is 16.9. The SMILES string of the molecule is CCN(CC)CCN1C(=O)C(=O)/C(=C(/O)c2ccc(OC(C)C)c(C)c2)C1c1ccc(OCC(N)=O)cc1. The number of nitrogens with two attached hydrogens (primary N) is 1. The Hall–Kier alpha value is -3.85. The molecule has 38 heavy (non-hydrogen) atoms. The van der Waals surface area contributed by atoms with Crippen LogP contribution in [0.1, 0.15) is 50.4 Å². The fourth-order valence-electron chi connectivity index (χ4n) is 4.49. The number of ketones is 1. The Morgan fingerprint density at radius 2 is 1.76 bits per heavy atom. The number of hydrogen-bond donors (Lipinski definition) is 2. The predicted molar refractivity (Wildman–Crippen MR) is 145 cm³/mol. The van der Waals surface area contributed by atoms with Gasteiger partial charge in [-0.2, -0.15) is 0 Å². The van der Waals surface area contributed by atoms with E-state index in [1.165, 1.54) is 4.90 Å². The van der Waals surface area contributed by atoms with Gasteiger partial charge in [-0.25, -0.2) is 0 Å². The van der Waals surface area contributed by atoms with Gasteiger partial charge in [0.25, 0.3) is 17.6 Å². The summed E-state index contributed by atoms with van der Waals surface area (Å²) in [5.74, 6) is -1.13. The van der Waals surface area contributed by atoms with Gasteiger partial charge in [-0.15, -0.1) is 0 Å². The van der Waals surface area contributed by atoms with Gasteiger partial charge in [-0.05, 0) is 75.3 Å². The second-order valence-electron chi connectivity index (χ2n) is 9.49. The van der Waals surface area contributed by atoms with E-state index < -0.39 is 23.6 Å². The van der Waals surface area contributed by atoms with Gasteiger partial charge in [-0.3, -0.25) is 14.4 Å². The first kappa shape index (κ1) is 28.7. The third-order valence-electron chi connectivity index (χ3n) is 6.48. The highest BCUT2D eigenvalue weighted by molar-refractivity contribution is 6.46. The van der Waals surface area contributed by atoms with Crippen LogP contribution in [0.3, 0.4) is 0 Å². The second kappa shape index (κ2) is 12.6. The lowest BCUT2D eigenvalue weighted by atomic mass is 9.94. The Kier molecular flexibility index (Phi) is 9.52. The largest absolute Gasteiger partial charge is 0.507 e. The summed E-state index contributed by atoms with van der Waals surface area (Å²) in [5.41, 5.74) is 7.04. The maximum Gasteiger partial charge on any atom is 0.295 e. The van der Waals surface area contributed by atoms with Crippen molar-refractivity contribution in [1.29, 1.82) is 0 Å². The van der Waals surface area contributed by atoms with Gasteiger partial charge >= 0.3 is 0 Å². The molecule has 3 N–H and O–H groups in total. The number of benzene rings is 2. The minimum Gasteiger partial charge on any atom is -0.507 e. The molecule has 0 aromatic heterocycles. The minimum atomic E-state index is -0.789. The number of carbonyl (C=O) groups excluding carboxylic acids is 3. The number of hydrogen-bond acceptors (Lipinski definition) is 7. The lowest BCUT2D eigenvalue weighted by Gasteiger charge is -2.28. The summed E-state index contributed by atoms with van der Waals surface area (Å²) in [6.07, 6.45) is -0.0146. The average molecular weight is 524 g/mol. The standard InChI is InChI=1S/C29H37N3O6/c1-6-31(7-2)14-15-32-26(20-8-11-22(12-9-20)37-17-24(30)33)25(28(35)29(32)36)27(34)21-10-13-23(19(5)16-21)38-18(3)4/h8-13,16,18,26,34H,6-7,14-15,17H2,1-5H3,(H2,30,33)/b27-25+. The van der Waals surface area contributed by atoms with E-state index in [1.807, 2.05) is 34.6 Å². The third-order valence-corrected chi connectivity index (χ3v) is 6.48. The zero-order valence-corrected chi connectivity index (χ0v) is 22.7. The quantitative estimate of drug-likeness (QED) is 0.248. The molecular weight excluding hydrogens is 486 g/mol. The number of aliphatic hydroxyl groups is 1. The van der Waals surface area contributed by atoms with Gasteiger partial charge in [0.1, 0.15) is 17.3 Å². The minimum absolute atomic E-state index is 0.0146. The number of carbonyl (C=O) groups is 3. The number of ether oxygens (including phenoxy) is 2. The van der Waals surface area contributed by atoms with E-state index in [9.17, 15) is 19.5 Å². The zero-order chi connectivity index (χ0) is 28.0. The average Bonchev–Trinajstić information content (AvgIpc) is 3.14. The molecule has 3 rings (SSSR count). The molecule has 1 saturated heterocycles. The van der Waals surface area contributed by atoms with Crippen molar-refractivity contribution >= 4 is 23.4 Å². The summed E-state index contributed by atoms with van der Waals surface area (Å²) >= 11 is 0. The molecule has 9 heteroatoms. The summed E-state index contributed by atoms with van der Waals surface area (Å²) in [7, 11) is 0. The van der Waals surface area contributed by atoms with Crippen molar-refractivity contribution in [2.24, 2.45) is 5.73 Å². The van der Waals surface area contributed by atoms with Crippen molar-refractivity contribution in [2.75, 3.05) is 32.8 Å². The molecule has 1 fully saturated rings. The number of rotatable bonds is 12. The molecule has 0 spiro atoms. The van der Waals surface area contributed by atoms with Gasteiger partial charge in [0.05, 0.1) is 17.7 Å². The third kappa shape index (κ3) is 6.52. The van der Waals surface area contributed by atoms with E-state index in [1.54, 1.807) is 42.5 Å². The van der Waals surface area contributed by atoms with Crippen LogP contribution >= 0.6 is 0 Å². The molecule has 2 aromatic rings. The highest BCUT2D eigenvalue weighted by atomic mass is 16.5. The Morgan fingerprint density at radius 1 is 1.11 bits per heavy atom. The van der Waals surface area contributed by atoms with Crippen LogP contribution in [0, 0.1) is 6.92 Å². The van der Waals surface area contributed by atoms with Crippen molar-refractivity contribution in [3.63, 3.8) is 0 Å². The number of Topliss-reactive ketones (excluding diaryl/α,β-unsaturated/α-hetero) is 1. The molecule has 2 aromatic carbocycles. The van der Waals surface area contributed by atoms with Crippen molar-refractivity contribution in [3.05, 3.63) is 64.7 Å². The molecule has 204 valence electrons. The smallest absolute Gasteiger partial charge is 0.295 e. The molecule has 9 nitrogen and oxygen atoms in total. The number of likely N-dealkylation sites (tertiary alicyclic amines) is 1. The molecule has 1 aliphatic heterocycles. The van der Waals surface area contributed by atoms with Crippen LogP contribution in [-0.2, 0) is 14.4 Å². The first-order valence-corrected chi connectivity index (χ1v) is 12.9. The molecule has 1 aliphatic rings. The predicted octanol–water partition coefficient (Wildman–Crippen LogP) is 3.41. The molecule has 2 amide bonds. The van der Waals surface area contributed by atoms with Crippen LogP contribution in [-0.4, -0.2) is 71.4 Å². The van der Waals surface area contributed by atoms with Crippen molar-refractivity contribution in [2.45, 2.75) is 46.8 Å². The van der Waals surface area contributed by atoms with Crippen molar-refractivity contribution in [3.8, 4) is 11.5 Å². The van der Waals surface area contributed by atoms with Crippen molar-refractivity contribution in [1.82, 2.24) is 9.80 Å². The highest BCUT2D eigenvalue weighted by Crippen LogP contribution is 2.40. The second-order valence-corrected chi connectivity index (χ2v) is 9.49. The van der Waals surface area contributed by atoms with E-state index in [0.29, 0.717) is 35.7 Å². The van der Waals surface area contributed by atoms with Crippen LogP contribution in [0.5, 0.6) is 11.5 Å². The first-order chi connectivity index (χ1) is 18.1. The van der Waals surface area contributed by atoms with Crippen LogP contribution < -0.4 is 15.2 Å². The molecule has 1 atom stereocenters. The lowest BCUT2D eigenvalue weighted by molar-refractivity contribution is -0.140. The van der Waals surface area contributed by atoms with Gasteiger partial charge in [0.2, 0.25) is 0 Å². The van der Waals surface area contributed by atoms with Crippen LogP contribution in [0.15, 0.2) is 48.0 Å². The summed E-state index contributed by atoms with van der Waals surface area (Å²) in [6, 6.07) is 11.1. The van der Waals surface area contributed by atoms with Crippen LogP contribution in [0.25, 0.3) is 5.76 Å². The molecule has 0 aliphatic carbocycles. The Balaban J connectivity index is 2.06. The molecule has 0 radical (unpaired) electrons. The number of likely N-dealkylation sites (N-methyl/N-ethyl adjacent to an activating group) is 1. The lowest BCUT2D eigenvalue weighted by Crippen LogP contribution is -2.38. The monoisotopic (exact) mass is 523 g/mol. The van der Waals surface area contributed by atoms with Gasteiger partial charge in [0.15, 0.2) is 6.61 Å². The van der Waals surface area contributed by atoms with Gasteiger partial charge < -0.3 is 30.1 Å². The molecule has 0 bridgehead atoms. The molecule has 0 saturated carbocycles. The van der Waals surface area contributed by atoms with E-state index in [-0.39, 0.29) is 24.0 Å².